The summed E-state index contributed by atoms with van der Waals surface area (Å²) in [7, 11) is 0. The van der Waals surface area contributed by atoms with Gasteiger partial charge in [0.05, 0.1) is 0 Å². The minimum atomic E-state index is 0.0826. The monoisotopic (exact) mass is 226 g/mol. The van der Waals surface area contributed by atoms with Crippen LogP contribution in [0.5, 0.6) is 0 Å². The molecule has 0 bridgehead atoms. The summed E-state index contributed by atoms with van der Waals surface area (Å²) in [6.45, 7) is 2.41. The normalized spacial score (nSPS) is 12.4. The minimum Gasteiger partial charge on any atom is -0.352 e. The summed E-state index contributed by atoms with van der Waals surface area (Å²) in [5, 5.41) is 4.91. The molecule has 0 spiro atoms. The summed E-state index contributed by atoms with van der Waals surface area (Å²) in [6.07, 6.45) is 2.48. The highest BCUT2D eigenvalue weighted by Gasteiger charge is 2.05. The first-order chi connectivity index (χ1) is 7.22. The number of amides is 1. The third kappa shape index (κ3) is 4.95. The summed E-state index contributed by atoms with van der Waals surface area (Å²) < 4.78 is 0. The number of hydrogen-bond donors (Lipinski definition) is 2. The van der Waals surface area contributed by atoms with Gasteiger partial charge in [-0.25, -0.2) is 0 Å². The Kier molecular flexibility index (Phi) is 5.36. The van der Waals surface area contributed by atoms with Gasteiger partial charge in [-0.05, 0) is 31.2 Å². The van der Waals surface area contributed by atoms with E-state index in [-0.39, 0.29) is 11.9 Å². The van der Waals surface area contributed by atoms with Crippen LogP contribution in [0, 0.1) is 0 Å². The molecule has 3 N–H and O–H groups in total. The van der Waals surface area contributed by atoms with Gasteiger partial charge in [0.15, 0.2) is 0 Å². The Labute approximate surface area is 94.7 Å². The highest BCUT2D eigenvalue weighted by atomic mass is 32.1. The van der Waals surface area contributed by atoms with E-state index in [0.29, 0.717) is 13.0 Å². The van der Waals surface area contributed by atoms with Gasteiger partial charge in [-0.15, -0.1) is 11.3 Å². The number of hydrogen-bond acceptors (Lipinski definition) is 3. The number of thiophene rings is 1. The SMILES string of the molecule is CC(CN)NC(=O)CCCc1cccs1. The zero-order valence-electron chi connectivity index (χ0n) is 9.03. The fourth-order valence-corrected chi connectivity index (χ4v) is 2.04. The summed E-state index contributed by atoms with van der Waals surface area (Å²) in [5.41, 5.74) is 5.41. The number of nitrogens with two attached hydrogens (primary N) is 1. The molecule has 0 aliphatic heterocycles. The van der Waals surface area contributed by atoms with Crippen molar-refractivity contribution in [1.82, 2.24) is 5.32 Å². The molecular weight excluding hydrogens is 208 g/mol. The molecule has 1 aromatic heterocycles. The Morgan fingerprint density at radius 1 is 1.67 bits per heavy atom. The van der Waals surface area contributed by atoms with Crippen LogP contribution >= 0.6 is 11.3 Å². The summed E-state index contributed by atoms with van der Waals surface area (Å²) in [4.78, 5) is 12.7. The molecule has 1 atom stereocenters. The molecule has 3 nitrogen and oxygen atoms in total. The predicted molar refractivity (Wildman–Crippen MR) is 63.9 cm³/mol. The Bertz CT molecular complexity index is 285. The second-order valence-electron chi connectivity index (χ2n) is 3.64. The van der Waals surface area contributed by atoms with Crippen molar-refractivity contribution in [3.05, 3.63) is 22.4 Å². The molecule has 0 aliphatic carbocycles. The standard InChI is InChI=1S/C11H18N2OS/c1-9(8-12)13-11(14)6-2-4-10-5-3-7-15-10/h3,5,7,9H,2,4,6,8,12H2,1H3,(H,13,14). The maximum atomic E-state index is 11.4. The molecule has 1 amide bonds. The van der Waals surface area contributed by atoms with Crippen molar-refractivity contribution in [2.75, 3.05) is 6.54 Å². The molecule has 4 heteroatoms. The lowest BCUT2D eigenvalue weighted by Crippen LogP contribution is -2.37. The Morgan fingerprint density at radius 2 is 2.47 bits per heavy atom. The van der Waals surface area contributed by atoms with Crippen LogP contribution in [0.1, 0.15) is 24.6 Å². The van der Waals surface area contributed by atoms with Gasteiger partial charge in [-0.1, -0.05) is 6.07 Å². The van der Waals surface area contributed by atoms with Crippen molar-refractivity contribution in [1.29, 1.82) is 0 Å². The maximum Gasteiger partial charge on any atom is 0.220 e. The average Bonchev–Trinajstić information content (AvgIpc) is 2.70. The van der Waals surface area contributed by atoms with Crippen LogP contribution < -0.4 is 11.1 Å². The quantitative estimate of drug-likeness (QED) is 0.773. The zero-order valence-corrected chi connectivity index (χ0v) is 9.85. The first-order valence-corrected chi connectivity index (χ1v) is 6.12. The van der Waals surface area contributed by atoms with Crippen LogP contribution in [0.3, 0.4) is 0 Å². The van der Waals surface area contributed by atoms with Gasteiger partial charge in [0.25, 0.3) is 0 Å². The number of nitrogens with one attached hydrogen (secondary N) is 1. The number of carbonyl (C=O) groups excluding carboxylic acids is 1. The van der Waals surface area contributed by atoms with E-state index < -0.39 is 0 Å². The van der Waals surface area contributed by atoms with E-state index in [9.17, 15) is 4.79 Å². The molecule has 1 aromatic rings. The zero-order chi connectivity index (χ0) is 11.1. The van der Waals surface area contributed by atoms with Crippen molar-refractivity contribution < 1.29 is 4.79 Å². The van der Waals surface area contributed by atoms with Crippen molar-refractivity contribution in [2.24, 2.45) is 5.73 Å². The van der Waals surface area contributed by atoms with Gasteiger partial charge in [-0.3, -0.25) is 4.79 Å². The predicted octanol–water partition coefficient (Wildman–Crippen LogP) is 1.53. The van der Waals surface area contributed by atoms with E-state index >= 15 is 0 Å². The van der Waals surface area contributed by atoms with E-state index in [4.69, 9.17) is 5.73 Å². The van der Waals surface area contributed by atoms with Gasteiger partial charge in [0, 0.05) is 23.9 Å². The van der Waals surface area contributed by atoms with Gasteiger partial charge in [0.2, 0.25) is 5.91 Å². The molecule has 1 heterocycles. The van der Waals surface area contributed by atoms with Crippen molar-refractivity contribution in [3.8, 4) is 0 Å². The molecule has 84 valence electrons. The Morgan fingerprint density at radius 3 is 3.07 bits per heavy atom. The Hall–Kier alpha value is -0.870. The van der Waals surface area contributed by atoms with Crippen LogP contribution in [0.2, 0.25) is 0 Å². The van der Waals surface area contributed by atoms with E-state index in [1.807, 2.05) is 13.0 Å². The Balaban J connectivity index is 2.12. The van der Waals surface area contributed by atoms with Crippen LogP contribution in [0.25, 0.3) is 0 Å². The molecule has 1 rings (SSSR count). The third-order valence-corrected chi connectivity index (χ3v) is 3.10. The van der Waals surface area contributed by atoms with E-state index in [1.165, 1.54) is 4.88 Å². The van der Waals surface area contributed by atoms with Crippen LogP contribution in [0.15, 0.2) is 17.5 Å². The first kappa shape index (κ1) is 12.2. The molecule has 0 aromatic carbocycles. The van der Waals surface area contributed by atoms with Gasteiger partial charge < -0.3 is 11.1 Å². The molecule has 15 heavy (non-hydrogen) atoms. The summed E-state index contributed by atoms with van der Waals surface area (Å²) >= 11 is 1.74. The molecule has 0 saturated carbocycles. The molecule has 0 fully saturated rings. The third-order valence-electron chi connectivity index (χ3n) is 2.17. The molecule has 0 radical (unpaired) electrons. The number of carbonyl (C=O) groups is 1. The minimum absolute atomic E-state index is 0.0826. The summed E-state index contributed by atoms with van der Waals surface area (Å²) in [6, 6.07) is 4.22. The largest absolute Gasteiger partial charge is 0.352 e. The van der Waals surface area contributed by atoms with Gasteiger partial charge in [0.1, 0.15) is 0 Å². The van der Waals surface area contributed by atoms with Crippen molar-refractivity contribution in [2.45, 2.75) is 32.2 Å². The van der Waals surface area contributed by atoms with Crippen LogP contribution in [-0.4, -0.2) is 18.5 Å². The molecular formula is C11H18N2OS. The van der Waals surface area contributed by atoms with Gasteiger partial charge >= 0.3 is 0 Å². The van der Waals surface area contributed by atoms with Crippen LogP contribution in [0.4, 0.5) is 0 Å². The topological polar surface area (TPSA) is 55.1 Å². The molecule has 1 unspecified atom stereocenters. The van der Waals surface area contributed by atoms with Crippen LogP contribution in [-0.2, 0) is 11.2 Å². The van der Waals surface area contributed by atoms with E-state index in [0.717, 1.165) is 12.8 Å². The second-order valence-corrected chi connectivity index (χ2v) is 4.67. The smallest absolute Gasteiger partial charge is 0.220 e. The van der Waals surface area contributed by atoms with E-state index in [2.05, 4.69) is 16.8 Å². The fourth-order valence-electron chi connectivity index (χ4n) is 1.28. The highest BCUT2D eigenvalue weighted by Crippen LogP contribution is 2.11. The second kappa shape index (κ2) is 6.58. The summed E-state index contributed by atoms with van der Waals surface area (Å²) in [5.74, 6) is 0.101. The molecule has 0 saturated heterocycles. The lowest BCUT2D eigenvalue weighted by molar-refractivity contribution is -0.121. The van der Waals surface area contributed by atoms with Crippen molar-refractivity contribution >= 4 is 17.2 Å². The number of aryl methyl sites for hydroxylation is 1. The van der Waals surface area contributed by atoms with E-state index in [1.54, 1.807) is 11.3 Å². The fraction of sp³-hybridized carbons (Fsp3) is 0.545. The lowest BCUT2D eigenvalue weighted by atomic mass is 10.2. The van der Waals surface area contributed by atoms with Gasteiger partial charge in [-0.2, -0.15) is 0 Å². The maximum absolute atomic E-state index is 11.4. The lowest BCUT2D eigenvalue weighted by Gasteiger charge is -2.10. The highest BCUT2D eigenvalue weighted by molar-refractivity contribution is 7.09. The van der Waals surface area contributed by atoms with Crippen molar-refractivity contribution in [3.63, 3.8) is 0 Å². The average molecular weight is 226 g/mol. The number of rotatable bonds is 6. The first-order valence-electron chi connectivity index (χ1n) is 5.24. The molecule has 0 aliphatic rings.